The summed E-state index contributed by atoms with van der Waals surface area (Å²) in [5, 5.41) is 0. The summed E-state index contributed by atoms with van der Waals surface area (Å²) in [7, 11) is -1.33. The highest BCUT2D eigenvalue weighted by Gasteiger charge is 2.39. The highest BCUT2D eigenvalue weighted by molar-refractivity contribution is 9.09. The van der Waals surface area contributed by atoms with Crippen molar-refractivity contribution in [2.24, 2.45) is 0 Å². The van der Waals surface area contributed by atoms with Gasteiger partial charge in [0.1, 0.15) is 0 Å². The molecule has 3 rings (SSSR count). The van der Waals surface area contributed by atoms with Gasteiger partial charge in [-0.3, -0.25) is 0 Å². The van der Waals surface area contributed by atoms with Crippen molar-refractivity contribution in [1.29, 1.82) is 0 Å². The maximum Gasteiger partial charge on any atom is 0.0714 e. The van der Waals surface area contributed by atoms with E-state index in [1.807, 2.05) is 0 Å². The molecule has 0 heterocycles. The van der Waals surface area contributed by atoms with Gasteiger partial charge in [-0.2, -0.15) is 0 Å². The van der Waals surface area contributed by atoms with Crippen molar-refractivity contribution in [3.63, 3.8) is 0 Å². The Bertz CT molecular complexity index is 544. The standard InChI is InChI=1S/C16H17BrSi/c1-18(2,11-17)16-14-9-5-3-7-12(14)13-8-4-6-10-15(13)16/h3-10,16H,11H2,1-2H3. The Labute approximate surface area is 118 Å². The van der Waals surface area contributed by atoms with Gasteiger partial charge in [-0.25, -0.2) is 0 Å². The molecule has 0 saturated carbocycles. The summed E-state index contributed by atoms with van der Waals surface area (Å²) in [5.41, 5.74) is 6.59. The number of rotatable bonds is 2. The predicted octanol–water partition coefficient (Wildman–Crippen LogP) is 4.98. The third-order valence-corrected chi connectivity index (χ3v) is 11.2. The first-order valence-corrected chi connectivity index (χ1v) is 10.8. The van der Waals surface area contributed by atoms with Gasteiger partial charge >= 0.3 is 0 Å². The first kappa shape index (κ1) is 12.2. The molecule has 2 heteroatoms. The zero-order chi connectivity index (χ0) is 12.8. The molecule has 92 valence electrons. The molecule has 0 aromatic heterocycles. The fourth-order valence-corrected chi connectivity index (χ4v) is 6.39. The Morgan fingerprint density at radius 3 is 1.78 bits per heavy atom. The summed E-state index contributed by atoms with van der Waals surface area (Å²) in [6.07, 6.45) is 0. The SMILES string of the molecule is C[Si](C)(CBr)C1c2ccccc2-c2ccccc21. The van der Waals surface area contributed by atoms with Crippen LogP contribution in [0.25, 0.3) is 11.1 Å². The molecule has 0 saturated heterocycles. The van der Waals surface area contributed by atoms with E-state index in [0.717, 1.165) is 4.95 Å². The normalized spacial score (nSPS) is 14.4. The third kappa shape index (κ3) is 1.70. The molecule has 0 amide bonds. The maximum absolute atomic E-state index is 3.75. The Morgan fingerprint density at radius 1 is 0.889 bits per heavy atom. The number of alkyl halides is 1. The molecule has 0 bridgehead atoms. The van der Waals surface area contributed by atoms with Crippen molar-refractivity contribution >= 4 is 24.0 Å². The van der Waals surface area contributed by atoms with Crippen molar-refractivity contribution in [2.45, 2.75) is 18.6 Å². The molecule has 2 aromatic rings. The Morgan fingerprint density at radius 2 is 1.33 bits per heavy atom. The average Bonchev–Trinajstić information content (AvgIpc) is 2.74. The van der Waals surface area contributed by atoms with Crippen LogP contribution in [0.15, 0.2) is 48.5 Å². The topological polar surface area (TPSA) is 0 Å². The molecule has 0 radical (unpaired) electrons. The van der Waals surface area contributed by atoms with Gasteiger partial charge in [-0.1, -0.05) is 77.6 Å². The number of hydrogen-bond donors (Lipinski definition) is 0. The molecule has 2 aromatic carbocycles. The van der Waals surface area contributed by atoms with E-state index in [-0.39, 0.29) is 0 Å². The average molecular weight is 317 g/mol. The molecule has 0 atom stereocenters. The molecule has 0 spiro atoms. The van der Waals surface area contributed by atoms with Crippen LogP contribution in [0.5, 0.6) is 0 Å². The largest absolute Gasteiger partial charge is 0.0961 e. The minimum absolute atomic E-state index is 0.629. The molecule has 0 N–H and O–H groups in total. The summed E-state index contributed by atoms with van der Waals surface area (Å²) >= 11 is 3.75. The van der Waals surface area contributed by atoms with Crippen LogP contribution in [-0.4, -0.2) is 13.0 Å². The van der Waals surface area contributed by atoms with E-state index < -0.39 is 8.07 Å². The molecular weight excluding hydrogens is 300 g/mol. The minimum atomic E-state index is -1.33. The third-order valence-electron chi connectivity index (χ3n) is 3.96. The van der Waals surface area contributed by atoms with E-state index in [9.17, 15) is 0 Å². The minimum Gasteiger partial charge on any atom is -0.0961 e. The van der Waals surface area contributed by atoms with Gasteiger partial charge < -0.3 is 0 Å². The summed E-state index contributed by atoms with van der Waals surface area (Å²) in [4.78, 5) is 1.15. The van der Waals surface area contributed by atoms with Gasteiger partial charge in [0.25, 0.3) is 0 Å². The van der Waals surface area contributed by atoms with E-state index in [1.165, 1.54) is 22.3 Å². The lowest BCUT2D eigenvalue weighted by Gasteiger charge is -2.29. The van der Waals surface area contributed by atoms with E-state index in [0.29, 0.717) is 5.54 Å². The molecule has 1 aliphatic rings. The van der Waals surface area contributed by atoms with Crippen molar-refractivity contribution in [3.05, 3.63) is 59.7 Å². The first-order chi connectivity index (χ1) is 8.65. The fourth-order valence-electron chi connectivity index (χ4n) is 3.07. The highest BCUT2D eigenvalue weighted by Crippen LogP contribution is 2.48. The summed E-state index contributed by atoms with van der Waals surface area (Å²) in [5.74, 6) is 0. The Hall–Kier alpha value is -0.863. The Kier molecular flexibility index (Phi) is 2.95. The lowest BCUT2D eigenvalue weighted by molar-refractivity contribution is 1.12. The van der Waals surface area contributed by atoms with Crippen LogP contribution in [0, 0.1) is 0 Å². The molecule has 0 unspecified atom stereocenters. The Balaban J connectivity index is 2.27. The van der Waals surface area contributed by atoms with Gasteiger partial charge in [-0.05, 0) is 27.2 Å². The fraction of sp³-hybridized carbons (Fsp3) is 0.250. The van der Waals surface area contributed by atoms with Gasteiger partial charge in [0.05, 0.1) is 8.07 Å². The smallest absolute Gasteiger partial charge is 0.0714 e. The highest BCUT2D eigenvalue weighted by atomic mass is 79.9. The van der Waals surface area contributed by atoms with E-state index in [4.69, 9.17) is 0 Å². The van der Waals surface area contributed by atoms with Crippen LogP contribution in [0.1, 0.15) is 16.7 Å². The van der Waals surface area contributed by atoms with Crippen molar-refractivity contribution < 1.29 is 0 Å². The quantitative estimate of drug-likeness (QED) is 0.541. The van der Waals surface area contributed by atoms with E-state index in [2.05, 4.69) is 77.6 Å². The monoisotopic (exact) mass is 316 g/mol. The summed E-state index contributed by atoms with van der Waals surface area (Å²) in [6.45, 7) is 4.95. The molecule has 0 nitrogen and oxygen atoms in total. The summed E-state index contributed by atoms with van der Waals surface area (Å²) in [6, 6.07) is 17.8. The van der Waals surface area contributed by atoms with Crippen molar-refractivity contribution in [2.75, 3.05) is 4.95 Å². The first-order valence-electron chi connectivity index (χ1n) is 6.39. The van der Waals surface area contributed by atoms with E-state index in [1.54, 1.807) is 0 Å². The van der Waals surface area contributed by atoms with Crippen LogP contribution >= 0.6 is 15.9 Å². The van der Waals surface area contributed by atoms with Crippen LogP contribution in [0.2, 0.25) is 13.1 Å². The summed E-state index contributed by atoms with van der Waals surface area (Å²) < 4.78 is 0. The van der Waals surface area contributed by atoms with Crippen LogP contribution in [0.3, 0.4) is 0 Å². The van der Waals surface area contributed by atoms with Crippen LogP contribution in [-0.2, 0) is 0 Å². The van der Waals surface area contributed by atoms with Gasteiger partial charge in [0, 0.05) is 5.54 Å². The zero-order valence-corrected chi connectivity index (χ0v) is 13.4. The van der Waals surface area contributed by atoms with E-state index >= 15 is 0 Å². The van der Waals surface area contributed by atoms with Crippen molar-refractivity contribution in [3.8, 4) is 11.1 Å². The molecular formula is C16H17BrSi. The van der Waals surface area contributed by atoms with Crippen LogP contribution < -0.4 is 0 Å². The zero-order valence-electron chi connectivity index (χ0n) is 10.8. The second kappa shape index (κ2) is 4.36. The second-order valence-corrected chi connectivity index (χ2v) is 12.2. The maximum atomic E-state index is 3.75. The molecule has 1 aliphatic carbocycles. The number of fused-ring (bicyclic) bond motifs is 3. The lowest BCUT2D eigenvalue weighted by atomic mass is 10.1. The number of hydrogen-bond acceptors (Lipinski definition) is 0. The number of halogens is 1. The van der Waals surface area contributed by atoms with Crippen LogP contribution in [0.4, 0.5) is 0 Å². The molecule has 0 aliphatic heterocycles. The van der Waals surface area contributed by atoms with Crippen molar-refractivity contribution in [1.82, 2.24) is 0 Å². The van der Waals surface area contributed by atoms with Gasteiger partial charge in [0.15, 0.2) is 0 Å². The predicted molar refractivity (Wildman–Crippen MR) is 85.0 cm³/mol. The lowest BCUT2D eigenvalue weighted by Crippen LogP contribution is -2.37. The number of benzene rings is 2. The van der Waals surface area contributed by atoms with Gasteiger partial charge in [0.2, 0.25) is 0 Å². The van der Waals surface area contributed by atoms with Gasteiger partial charge in [-0.15, -0.1) is 0 Å². The second-order valence-electron chi connectivity index (χ2n) is 5.73. The molecule has 0 fully saturated rings. The molecule has 18 heavy (non-hydrogen) atoms.